The lowest BCUT2D eigenvalue weighted by Crippen LogP contribution is -2.11. The van der Waals surface area contributed by atoms with E-state index >= 15 is 0 Å². The number of pyridine rings is 2. The number of nitrogens with one attached hydrogen (secondary N) is 2. The smallest absolute Gasteiger partial charge is 0.214 e. The van der Waals surface area contributed by atoms with E-state index in [1.54, 1.807) is 6.20 Å². The average Bonchev–Trinajstić information content (AvgIpc) is 2.45. The molecule has 0 fully saturated rings. The average molecular weight is 285 g/mol. The number of anilines is 1. The molecule has 2 N–H and O–H groups in total. The SMILES string of the molecule is Cc1cc(NCc2cccnc2)c2ccc(Cl)cc2[nH+]1. The van der Waals surface area contributed by atoms with Crippen LogP contribution in [0.3, 0.4) is 0 Å². The number of hydrogen-bond donors (Lipinski definition) is 1. The van der Waals surface area contributed by atoms with Crippen LogP contribution in [0.25, 0.3) is 10.9 Å². The quantitative estimate of drug-likeness (QED) is 0.798. The number of hydrogen-bond acceptors (Lipinski definition) is 2. The molecule has 0 saturated heterocycles. The predicted octanol–water partition coefficient (Wildman–Crippen LogP) is 3.62. The van der Waals surface area contributed by atoms with Gasteiger partial charge in [-0.15, -0.1) is 0 Å². The van der Waals surface area contributed by atoms with Crippen molar-refractivity contribution in [2.75, 3.05) is 5.32 Å². The Labute approximate surface area is 122 Å². The second kappa shape index (κ2) is 5.47. The van der Waals surface area contributed by atoms with Gasteiger partial charge in [-0.1, -0.05) is 17.7 Å². The number of nitrogens with zero attached hydrogens (tertiary/aromatic N) is 1. The Balaban J connectivity index is 1.94. The third-order valence-corrected chi connectivity index (χ3v) is 3.41. The van der Waals surface area contributed by atoms with Crippen LogP contribution in [0, 0.1) is 6.92 Å². The Kier molecular flexibility index (Phi) is 3.52. The lowest BCUT2D eigenvalue weighted by atomic mass is 10.1. The summed E-state index contributed by atoms with van der Waals surface area (Å²) in [5, 5.41) is 5.32. The van der Waals surface area contributed by atoms with Crippen molar-refractivity contribution in [1.29, 1.82) is 0 Å². The minimum Gasteiger partial charge on any atom is -0.380 e. The summed E-state index contributed by atoms with van der Waals surface area (Å²) < 4.78 is 0. The molecule has 0 amide bonds. The molecular formula is C16H15ClN3+. The highest BCUT2D eigenvalue weighted by molar-refractivity contribution is 6.31. The molecule has 2 heterocycles. The maximum atomic E-state index is 6.05. The Morgan fingerprint density at radius 3 is 2.95 bits per heavy atom. The Morgan fingerprint density at radius 2 is 2.15 bits per heavy atom. The molecule has 100 valence electrons. The number of aryl methyl sites for hydroxylation is 1. The van der Waals surface area contributed by atoms with E-state index in [2.05, 4.69) is 27.4 Å². The van der Waals surface area contributed by atoms with Gasteiger partial charge in [-0.2, -0.15) is 0 Å². The van der Waals surface area contributed by atoms with Crippen LogP contribution in [0.4, 0.5) is 5.69 Å². The first-order valence-corrected chi connectivity index (χ1v) is 6.85. The van der Waals surface area contributed by atoms with Crippen molar-refractivity contribution in [3.63, 3.8) is 0 Å². The molecule has 20 heavy (non-hydrogen) atoms. The van der Waals surface area contributed by atoms with Gasteiger partial charge in [0, 0.05) is 43.0 Å². The number of rotatable bonds is 3. The van der Waals surface area contributed by atoms with Crippen molar-refractivity contribution in [3.8, 4) is 0 Å². The lowest BCUT2D eigenvalue weighted by molar-refractivity contribution is -0.354. The summed E-state index contributed by atoms with van der Waals surface area (Å²) in [6.07, 6.45) is 3.65. The van der Waals surface area contributed by atoms with Crippen molar-refractivity contribution in [3.05, 3.63) is 65.1 Å². The van der Waals surface area contributed by atoms with Gasteiger partial charge in [-0.05, 0) is 23.8 Å². The molecule has 0 saturated carbocycles. The first kappa shape index (κ1) is 12.9. The van der Waals surface area contributed by atoms with Gasteiger partial charge in [0.15, 0.2) is 5.69 Å². The minimum absolute atomic E-state index is 0.734. The fourth-order valence-electron chi connectivity index (χ4n) is 2.24. The number of fused-ring (bicyclic) bond motifs is 1. The maximum Gasteiger partial charge on any atom is 0.214 e. The first-order valence-electron chi connectivity index (χ1n) is 6.47. The van der Waals surface area contributed by atoms with Gasteiger partial charge in [-0.25, -0.2) is 4.98 Å². The fourth-order valence-corrected chi connectivity index (χ4v) is 2.42. The lowest BCUT2D eigenvalue weighted by Gasteiger charge is -2.08. The molecule has 3 nitrogen and oxygen atoms in total. The highest BCUT2D eigenvalue weighted by Crippen LogP contribution is 2.24. The number of halogens is 1. The monoisotopic (exact) mass is 284 g/mol. The van der Waals surface area contributed by atoms with E-state index in [0.717, 1.165) is 39.4 Å². The van der Waals surface area contributed by atoms with Crippen LogP contribution in [0.15, 0.2) is 48.8 Å². The Morgan fingerprint density at radius 1 is 1.25 bits per heavy atom. The maximum absolute atomic E-state index is 6.05. The van der Waals surface area contributed by atoms with E-state index in [1.165, 1.54) is 0 Å². The van der Waals surface area contributed by atoms with Crippen molar-refractivity contribution in [2.45, 2.75) is 13.5 Å². The number of H-pyrrole nitrogens is 1. The molecule has 4 heteroatoms. The van der Waals surface area contributed by atoms with E-state index in [9.17, 15) is 0 Å². The van der Waals surface area contributed by atoms with Crippen molar-refractivity contribution < 1.29 is 4.98 Å². The molecular weight excluding hydrogens is 270 g/mol. The van der Waals surface area contributed by atoms with E-state index in [-0.39, 0.29) is 0 Å². The summed E-state index contributed by atoms with van der Waals surface area (Å²) in [5.74, 6) is 0. The third-order valence-electron chi connectivity index (χ3n) is 3.17. The Hall–Kier alpha value is -2.13. The summed E-state index contributed by atoms with van der Waals surface area (Å²) in [7, 11) is 0. The van der Waals surface area contributed by atoms with Crippen LogP contribution in [0.2, 0.25) is 5.02 Å². The molecule has 3 rings (SSSR count). The van der Waals surface area contributed by atoms with Gasteiger partial charge >= 0.3 is 0 Å². The van der Waals surface area contributed by atoms with E-state index in [1.807, 2.05) is 37.4 Å². The minimum atomic E-state index is 0.734. The van der Waals surface area contributed by atoms with Gasteiger partial charge in [0.05, 0.1) is 11.1 Å². The molecule has 0 atom stereocenters. The van der Waals surface area contributed by atoms with Crippen LogP contribution in [-0.4, -0.2) is 4.98 Å². The molecule has 0 bridgehead atoms. The van der Waals surface area contributed by atoms with Crippen molar-refractivity contribution >= 4 is 28.2 Å². The number of aromatic amines is 1. The molecule has 1 aromatic carbocycles. The van der Waals surface area contributed by atoms with Gasteiger partial charge in [0.2, 0.25) is 5.52 Å². The molecule has 0 spiro atoms. The molecule has 0 unspecified atom stereocenters. The molecule has 0 aliphatic heterocycles. The number of benzene rings is 1. The molecule has 0 aliphatic carbocycles. The summed E-state index contributed by atoms with van der Waals surface area (Å²) in [5.41, 5.74) is 4.37. The van der Waals surface area contributed by atoms with Crippen LogP contribution in [0.5, 0.6) is 0 Å². The molecule has 2 aromatic heterocycles. The summed E-state index contributed by atoms with van der Waals surface area (Å²) in [6.45, 7) is 2.78. The van der Waals surface area contributed by atoms with E-state index in [0.29, 0.717) is 0 Å². The first-order chi connectivity index (χ1) is 9.72. The second-order valence-corrected chi connectivity index (χ2v) is 5.21. The predicted molar refractivity (Wildman–Crippen MR) is 81.8 cm³/mol. The largest absolute Gasteiger partial charge is 0.380 e. The third kappa shape index (κ3) is 2.73. The standard InChI is InChI=1S/C16H14ClN3/c1-11-7-15(19-10-12-3-2-6-18-9-12)14-5-4-13(17)8-16(14)20-11/h2-9H,10H2,1H3,(H,19,20)/p+1. The highest BCUT2D eigenvalue weighted by atomic mass is 35.5. The van der Waals surface area contributed by atoms with E-state index in [4.69, 9.17) is 11.6 Å². The molecule has 0 radical (unpaired) electrons. The molecule has 3 aromatic rings. The fraction of sp³-hybridized carbons (Fsp3) is 0.125. The van der Waals surface area contributed by atoms with Crippen LogP contribution in [0.1, 0.15) is 11.3 Å². The zero-order valence-corrected chi connectivity index (χ0v) is 11.9. The topological polar surface area (TPSA) is 39.1 Å². The van der Waals surface area contributed by atoms with Gasteiger partial charge in [-0.3, -0.25) is 4.98 Å². The number of aromatic nitrogens is 2. The van der Waals surface area contributed by atoms with Crippen molar-refractivity contribution in [2.24, 2.45) is 0 Å². The van der Waals surface area contributed by atoms with Crippen LogP contribution >= 0.6 is 11.6 Å². The summed E-state index contributed by atoms with van der Waals surface area (Å²) in [4.78, 5) is 7.46. The summed E-state index contributed by atoms with van der Waals surface area (Å²) in [6, 6.07) is 12.0. The summed E-state index contributed by atoms with van der Waals surface area (Å²) >= 11 is 6.05. The van der Waals surface area contributed by atoms with Crippen LogP contribution in [-0.2, 0) is 6.54 Å². The van der Waals surface area contributed by atoms with Crippen LogP contribution < -0.4 is 10.3 Å². The zero-order valence-electron chi connectivity index (χ0n) is 11.2. The molecule has 0 aliphatic rings. The highest BCUT2D eigenvalue weighted by Gasteiger charge is 2.09. The van der Waals surface area contributed by atoms with Gasteiger partial charge in [0.1, 0.15) is 0 Å². The van der Waals surface area contributed by atoms with Gasteiger partial charge in [0.25, 0.3) is 0 Å². The normalized spacial score (nSPS) is 10.7. The zero-order chi connectivity index (χ0) is 13.9. The van der Waals surface area contributed by atoms with Crippen molar-refractivity contribution in [1.82, 2.24) is 4.98 Å². The van der Waals surface area contributed by atoms with E-state index < -0.39 is 0 Å². The van der Waals surface area contributed by atoms with Gasteiger partial charge < -0.3 is 5.32 Å². The second-order valence-electron chi connectivity index (χ2n) is 4.77. The Bertz CT molecular complexity index is 736.